The summed E-state index contributed by atoms with van der Waals surface area (Å²) in [5, 5.41) is 41.3. The molecule has 0 saturated carbocycles. The number of hydrogen-bond acceptors (Lipinski definition) is 4. The Kier molecular flexibility index (Phi) is 7.69. The third kappa shape index (κ3) is 5.72. The van der Waals surface area contributed by atoms with Gasteiger partial charge in [0.05, 0.1) is 12.2 Å². The van der Waals surface area contributed by atoms with E-state index in [0.717, 1.165) is 12.0 Å². The summed E-state index contributed by atoms with van der Waals surface area (Å²) in [6.07, 6.45) is 1.21. The van der Waals surface area contributed by atoms with E-state index in [0.29, 0.717) is 36.3 Å². The van der Waals surface area contributed by atoms with Crippen molar-refractivity contribution in [1.29, 1.82) is 0 Å². The van der Waals surface area contributed by atoms with Crippen LogP contribution < -0.4 is 0 Å². The summed E-state index contributed by atoms with van der Waals surface area (Å²) in [5.74, 6) is 0.761. The summed E-state index contributed by atoms with van der Waals surface area (Å²) in [5.41, 5.74) is 1.87. The van der Waals surface area contributed by atoms with Crippen LogP contribution in [0.2, 0.25) is 0 Å². The molecule has 3 atom stereocenters. The van der Waals surface area contributed by atoms with E-state index in [-0.39, 0.29) is 17.4 Å². The van der Waals surface area contributed by atoms with Gasteiger partial charge in [0.15, 0.2) is 0 Å². The van der Waals surface area contributed by atoms with Crippen LogP contribution in [0.1, 0.15) is 81.3 Å². The predicted molar refractivity (Wildman–Crippen MR) is 108 cm³/mol. The van der Waals surface area contributed by atoms with Crippen molar-refractivity contribution in [3.63, 3.8) is 0 Å². The molecule has 0 heterocycles. The van der Waals surface area contributed by atoms with Crippen molar-refractivity contribution in [2.24, 2.45) is 5.92 Å². The maximum absolute atomic E-state index is 10.7. The fourth-order valence-electron chi connectivity index (χ4n) is 3.38. The van der Waals surface area contributed by atoms with E-state index in [1.807, 2.05) is 19.1 Å². The van der Waals surface area contributed by atoms with Crippen LogP contribution in [0.5, 0.6) is 11.5 Å². The Morgan fingerprint density at radius 3 is 1.89 bits per heavy atom. The monoisotopic (exact) mass is 372 g/mol. The highest BCUT2D eigenvalue weighted by Gasteiger charge is 2.20. The lowest BCUT2D eigenvalue weighted by atomic mass is 9.89. The molecule has 0 spiro atoms. The number of phenols is 2. The summed E-state index contributed by atoms with van der Waals surface area (Å²) >= 11 is 0. The predicted octanol–water partition coefficient (Wildman–Crippen LogP) is 5.18. The number of para-hydroxylation sites is 2. The molecule has 0 radical (unpaired) electrons. The number of hydrogen-bond donors (Lipinski definition) is 4. The zero-order chi connectivity index (χ0) is 20.0. The van der Waals surface area contributed by atoms with Gasteiger partial charge in [-0.25, -0.2) is 0 Å². The molecule has 4 nitrogen and oxygen atoms in total. The Hall–Kier alpha value is -2.04. The Labute approximate surface area is 162 Å². The van der Waals surface area contributed by atoms with Crippen LogP contribution in [-0.2, 0) is 0 Å². The fraction of sp³-hybridized carbons (Fsp3) is 0.478. The van der Waals surface area contributed by atoms with Gasteiger partial charge in [-0.1, -0.05) is 57.2 Å². The van der Waals surface area contributed by atoms with Crippen molar-refractivity contribution in [3.05, 3.63) is 59.2 Å². The first-order valence-electron chi connectivity index (χ1n) is 9.77. The zero-order valence-electron chi connectivity index (χ0n) is 16.5. The maximum Gasteiger partial charge on any atom is 0.124 e. The molecule has 2 aromatic carbocycles. The standard InChI is InChI=1S/C23H32O4/c1-15(2)11-13-22(26)19-9-6-8-17(23(19)27)16(3)12-14-21(25)18-7-4-5-10-20(18)24/h4-10,15-16,21-22,24-27H,11-14H2,1-3H3/t16?,21-,22?/m0/s1. The smallest absolute Gasteiger partial charge is 0.124 e. The van der Waals surface area contributed by atoms with Crippen LogP contribution in [0.3, 0.4) is 0 Å². The Morgan fingerprint density at radius 2 is 1.22 bits per heavy atom. The van der Waals surface area contributed by atoms with Crippen LogP contribution in [0.15, 0.2) is 42.5 Å². The van der Waals surface area contributed by atoms with Gasteiger partial charge in [-0.15, -0.1) is 0 Å². The normalized spacial score (nSPS) is 14.9. The van der Waals surface area contributed by atoms with E-state index in [1.54, 1.807) is 30.3 Å². The van der Waals surface area contributed by atoms with Gasteiger partial charge >= 0.3 is 0 Å². The first kappa shape index (κ1) is 21.3. The van der Waals surface area contributed by atoms with Crippen LogP contribution in [-0.4, -0.2) is 20.4 Å². The average Bonchev–Trinajstić information content (AvgIpc) is 2.64. The van der Waals surface area contributed by atoms with E-state index in [1.165, 1.54) is 0 Å². The maximum atomic E-state index is 10.7. The SMILES string of the molecule is CC(C)CCC(O)c1cccc(C(C)CC[C@H](O)c2ccccc2O)c1O. The van der Waals surface area contributed by atoms with Crippen molar-refractivity contribution >= 4 is 0 Å². The second kappa shape index (κ2) is 9.77. The highest BCUT2D eigenvalue weighted by atomic mass is 16.3. The molecule has 0 aliphatic rings. The first-order chi connectivity index (χ1) is 12.8. The second-order valence-electron chi connectivity index (χ2n) is 7.83. The number of aliphatic hydroxyl groups excluding tert-OH is 2. The quantitative estimate of drug-likeness (QED) is 0.489. The average molecular weight is 373 g/mol. The molecule has 0 saturated heterocycles. The molecule has 4 N–H and O–H groups in total. The summed E-state index contributed by atoms with van der Waals surface area (Å²) in [6.45, 7) is 6.22. The lowest BCUT2D eigenvalue weighted by Gasteiger charge is -2.20. The summed E-state index contributed by atoms with van der Waals surface area (Å²) in [4.78, 5) is 0. The van der Waals surface area contributed by atoms with E-state index in [4.69, 9.17) is 0 Å². The van der Waals surface area contributed by atoms with Gasteiger partial charge in [-0.2, -0.15) is 0 Å². The number of rotatable bonds is 9. The second-order valence-corrected chi connectivity index (χ2v) is 7.83. The molecule has 0 amide bonds. The number of benzene rings is 2. The minimum atomic E-state index is -0.754. The van der Waals surface area contributed by atoms with E-state index in [9.17, 15) is 20.4 Å². The molecule has 0 aliphatic heterocycles. The minimum absolute atomic E-state index is 0.0164. The Bertz CT molecular complexity index is 726. The van der Waals surface area contributed by atoms with E-state index < -0.39 is 12.2 Å². The van der Waals surface area contributed by atoms with Gasteiger partial charge in [-0.05, 0) is 49.1 Å². The van der Waals surface area contributed by atoms with E-state index in [2.05, 4.69) is 13.8 Å². The summed E-state index contributed by atoms with van der Waals surface area (Å²) in [7, 11) is 0. The van der Waals surface area contributed by atoms with E-state index >= 15 is 0 Å². The zero-order valence-corrected chi connectivity index (χ0v) is 16.5. The Balaban J connectivity index is 2.05. The number of aromatic hydroxyl groups is 2. The van der Waals surface area contributed by atoms with Crippen molar-refractivity contribution < 1.29 is 20.4 Å². The molecule has 148 valence electrons. The summed E-state index contributed by atoms with van der Waals surface area (Å²) in [6, 6.07) is 12.3. The number of phenolic OH excluding ortho intramolecular Hbond substituents is 2. The van der Waals surface area contributed by atoms with Gasteiger partial charge in [-0.3, -0.25) is 0 Å². The van der Waals surface area contributed by atoms with Gasteiger partial charge < -0.3 is 20.4 Å². The van der Waals surface area contributed by atoms with Crippen LogP contribution in [0.4, 0.5) is 0 Å². The van der Waals surface area contributed by atoms with Crippen molar-refractivity contribution in [2.45, 2.75) is 64.6 Å². The molecule has 0 aliphatic carbocycles. The van der Waals surface area contributed by atoms with Gasteiger partial charge in [0.1, 0.15) is 11.5 Å². The molecule has 0 fully saturated rings. The van der Waals surface area contributed by atoms with Crippen LogP contribution >= 0.6 is 0 Å². The van der Waals surface area contributed by atoms with Crippen LogP contribution in [0.25, 0.3) is 0 Å². The molecule has 2 unspecified atom stereocenters. The van der Waals surface area contributed by atoms with Crippen molar-refractivity contribution in [2.75, 3.05) is 0 Å². The van der Waals surface area contributed by atoms with Crippen molar-refractivity contribution in [3.8, 4) is 11.5 Å². The molecular formula is C23H32O4. The third-order valence-electron chi connectivity index (χ3n) is 5.17. The molecule has 27 heavy (non-hydrogen) atoms. The molecule has 0 bridgehead atoms. The topological polar surface area (TPSA) is 80.9 Å². The molecule has 2 aromatic rings. The van der Waals surface area contributed by atoms with Crippen molar-refractivity contribution in [1.82, 2.24) is 0 Å². The lowest BCUT2D eigenvalue weighted by molar-refractivity contribution is 0.154. The molecule has 0 aromatic heterocycles. The van der Waals surface area contributed by atoms with Gasteiger partial charge in [0.25, 0.3) is 0 Å². The highest BCUT2D eigenvalue weighted by Crippen LogP contribution is 2.37. The minimum Gasteiger partial charge on any atom is -0.508 e. The number of aliphatic hydroxyl groups is 2. The highest BCUT2D eigenvalue weighted by molar-refractivity contribution is 5.43. The first-order valence-corrected chi connectivity index (χ1v) is 9.77. The van der Waals surface area contributed by atoms with Crippen LogP contribution in [0, 0.1) is 5.92 Å². The fourth-order valence-corrected chi connectivity index (χ4v) is 3.38. The third-order valence-corrected chi connectivity index (χ3v) is 5.17. The summed E-state index contributed by atoms with van der Waals surface area (Å²) < 4.78 is 0. The van der Waals surface area contributed by atoms with Gasteiger partial charge in [0.2, 0.25) is 0 Å². The molecular weight excluding hydrogens is 340 g/mol. The molecule has 4 heteroatoms. The molecule has 2 rings (SSSR count). The largest absolute Gasteiger partial charge is 0.508 e. The lowest BCUT2D eigenvalue weighted by Crippen LogP contribution is -2.05. The van der Waals surface area contributed by atoms with Gasteiger partial charge in [0, 0.05) is 11.1 Å². The Morgan fingerprint density at radius 1 is 0.667 bits per heavy atom.